The third-order valence-corrected chi connectivity index (χ3v) is 3.73. The van der Waals surface area contributed by atoms with Crippen molar-refractivity contribution in [1.82, 2.24) is 10.2 Å². The van der Waals surface area contributed by atoms with E-state index in [1.165, 1.54) is 17.5 Å². The van der Waals surface area contributed by atoms with E-state index in [9.17, 15) is 0 Å². The van der Waals surface area contributed by atoms with Crippen LogP contribution in [0.5, 0.6) is 0 Å². The fraction of sp³-hybridized carbons (Fsp3) is 0.667. The first-order valence-corrected chi connectivity index (χ1v) is 7.90. The van der Waals surface area contributed by atoms with Gasteiger partial charge in [-0.05, 0) is 37.4 Å². The largest absolute Gasteiger partial charge is 0.310 e. The Morgan fingerprint density at radius 3 is 2.00 bits per heavy atom. The van der Waals surface area contributed by atoms with Crippen molar-refractivity contribution in [3.05, 3.63) is 35.4 Å². The number of hydrogen-bond donors (Lipinski definition) is 1. The minimum absolute atomic E-state index is 0.540. The predicted molar refractivity (Wildman–Crippen MR) is 88.8 cm³/mol. The van der Waals surface area contributed by atoms with Crippen molar-refractivity contribution in [2.75, 3.05) is 7.05 Å². The highest BCUT2D eigenvalue weighted by molar-refractivity contribution is 5.22. The van der Waals surface area contributed by atoms with Crippen molar-refractivity contribution in [2.45, 2.75) is 66.2 Å². The molecule has 1 atom stereocenters. The Hall–Kier alpha value is -0.860. The van der Waals surface area contributed by atoms with Crippen LogP contribution in [0, 0.1) is 5.92 Å². The first-order valence-electron chi connectivity index (χ1n) is 7.90. The van der Waals surface area contributed by atoms with Crippen molar-refractivity contribution >= 4 is 0 Å². The van der Waals surface area contributed by atoms with E-state index >= 15 is 0 Å². The second-order valence-corrected chi connectivity index (χ2v) is 6.75. The second kappa shape index (κ2) is 8.43. The van der Waals surface area contributed by atoms with Gasteiger partial charge in [0.25, 0.3) is 0 Å². The number of rotatable bonds is 8. The van der Waals surface area contributed by atoms with E-state index in [0.717, 1.165) is 19.0 Å². The van der Waals surface area contributed by atoms with Crippen LogP contribution in [0.15, 0.2) is 24.3 Å². The highest BCUT2D eigenvalue weighted by Crippen LogP contribution is 2.13. The molecule has 2 nitrogen and oxygen atoms in total. The lowest BCUT2D eigenvalue weighted by molar-refractivity contribution is 0.220. The normalized spacial score (nSPS) is 13.4. The maximum absolute atomic E-state index is 3.45. The molecule has 1 aromatic carbocycles. The Bertz CT molecular complexity index is 368. The van der Waals surface area contributed by atoms with Gasteiger partial charge in [0.05, 0.1) is 0 Å². The molecule has 2 heteroatoms. The van der Waals surface area contributed by atoms with Gasteiger partial charge in [-0.1, -0.05) is 52.0 Å². The van der Waals surface area contributed by atoms with Crippen LogP contribution in [0.25, 0.3) is 0 Å². The van der Waals surface area contributed by atoms with Gasteiger partial charge >= 0.3 is 0 Å². The highest BCUT2D eigenvalue weighted by atomic mass is 15.1. The lowest BCUT2D eigenvalue weighted by Crippen LogP contribution is -2.29. The molecule has 20 heavy (non-hydrogen) atoms. The SMILES string of the molecule is CC(C)CC(C)N(C)Cc1ccc(CNC(C)C)cc1. The van der Waals surface area contributed by atoms with Crippen LogP contribution in [0.4, 0.5) is 0 Å². The molecule has 0 bridgehead atoms. The smallest absolute Gasteiger partial charge is 0.0233 e. The van der Waals surface area contributed by atoms with Gasteiger partial charge in [-0.25, -0.2) is 0 Å². The van der Waals surface area contributed by atoms with Crippen LogP contribution in [0.3, 0.4) is 0 Å². The topological polar surface area (TPSA) is 15.3 Å². The molecule has 0 aromatic heterocycles. The third-order valence-electron chi connectivity index (χ3n) is 3.73. The maximum Gasteiger partial charge on any atom is 0.0233 e. The van der Waals surface area contributed by atoms with Crippen LogP contribution in [0.1, 0.15) is 52.2 Å². The second-order valence-electron chi connectivity index (χ2n) is 6.75. The van der Waals surface area contributed by atoms with E-state index in [-0.39, 0.29) is 0 Å². The summed E-state index contributed by atoms with van der Waals surface area (Å²) in [6.45, 7) is 13.3. The molecule has 0 aliphatic carbocycles. The van der Waals surface area contributed by atoms with Gasteiger partial charge in [-0.3, -0.25) is 4.90 Å². The molecule has 1 unspecified atom stereocenters. The average molecular weight is 276 g/mol. The maximum atomic E-state index is 3.45. The van der Waals surface area contributed by atoms with E-state index in [0.29, 0.717) is 12.1 Å². The van der Waals surface area contributed by atoms with Crippen LogP contribution in [0.2, 0.25) is 0 Å². The minimum atomic E-state index is 0.540. The van der Waals surface area contributed by atoms with Crippen molar-refractivity contribution in [3.63, 3.8) is 0 Å². The molecule has 0 spiro atoms. The minimum Gasteiger partial charge on any atom is -0.310 e. The van der Waals surface area contributed by atoms with Gasteiger partial charge in [0, 0.05) is 25.2 Å². The summed E-state index contributed by atoms with van der Waals surface area (Å²) >= 11 is 0. The van der Waals surface area contributed by atoms with E-state index in [1.807, 2.05) is 0 Å². The first kappa shape index (κ1) is 17.2. The van der Waals surface area contributed by atoms with E-state index in [1.54, 1.807) is 0 Å². The summed E-state index contributed by atoms with van der Waals surface area (Å²) in [6.07, 6.45) is 1.26. The van der Waals surface area contributed by atoms with Gasteiger partial charge in [0.15, 0.2) is 0 Å². The molecule has 0 amide bonds. The van der Waals surface area contributed by atoms with Crippen molar-refractivity contribution in [3.8, 4) is 0 Å². The summed E-state index contributed by atoms with van der Waals surface area (Å²) in [5.41, 5.74) is 2.76. The fourth-order valence-electron chi connectivity index (χ4n) is 2.39. The average Bonchev–Trinajstić information content (AvgIpc) is 2.37. The summed E-state index contributed by atoms with van der Waals surface area (Å²) in [6, 6.07) is 10.2. The highest BCUT2D eigenvalue weighted by Gasteiger charge is 2.11. The standard InChI is InChI=1S/C18H32N2/c1-14(2)11-16(5)20(6)13-18-9-7-17(8-10-18)12-19-15(3)4/h7-10,14-16,19H,11-13H2,1-6H3. The number of nitrogens with one attached hydrogen (secondary N) is 1. The monoisotopic (exact) mass is 276 g/mol. The first-order chi connectivity index (χ1) is 9.38. The van der Waals surface area contributed by atoms with Crippen LogP contribution >= 0.6 is 0 Å². The Balaban J connectivity index is 2.48. The van der Waals surface area contributed by atoms with Crippen LogP contribution in [-0.4, -0.2) is 24.0 Å². The molecular formula is C18H32N2. The summed E-state index contributed by atoms with van der Waals surface area (Å²) in [7, 11) is 2.22. The Kier molecular flexibility index (Phi) is 7.25. The van der Waals surface area contributed by atoms with Gasteiger partial charge in [-0.2, -0.15) is 0 Å². The van der Waals surface area contributed by atoms with Gasteiger partial charge in [-0.15, -0.1) is 0 Å². The number of nitrogens with zero attached hydrogens (tertiary/aromatic N) is 1. The van der Waals surface area contributed by atoms with E-state index in [4.69, 9.17) is 0 Å². The summed E-state index contributed by atoms with van der Waals surface area (Å²) < 4.78 is 0. The summed E-state index contributed by atoms with van der Waals surface area (Å²) in [5, 5.41) is 3.45. The Morgan fingerprint density at radius 1 is 0.950 bits per heavy atom. The molecule has 1 aromatic rings. The molecule has 0 saturated carbocycles. The lowest BCUT2D eigenvalue weighted by Gasteiger charge is -2.26. The van der Waals surface area contributed by atoms with Crippen LogP contribution in [-0.2, 0) is 13.1 Å². The van der Waals surface area contributed by atoms with Gasteiger partial charge < -0.3 is 5.32 Å². The molecule has 0 aliphatic heterocycles. The Morgan fingerprint density at radius 2 is 1.50 bits per heavy atom. The van der Waals surface area contributed by atoms with E-state index in [2.05, 4.69) is 76.1 Å². The quantitative estimate of drug-likeness (QED) is 0.770. The molecule has 114 valence electrons. The Labute approximate surface area is 125 Å². The van der Waals surface area contributed by atoms with Crippen molar-refractivity contribution in [1.29, 1.82) is 0 Å². The molecule has 0 aliphatic rings. The zero-order chi connectivity index (χ0) is 15.1. The number of hydrogen-bond acceptors (Lipinski definition) is 2. The molecule has 0 fully saturated rings. The van der Waals surface area contributed by atoms with Crippen molar-refractivity contribution in [2.24, 2.45) is 5.92 Å². The summed E-state index contributed by atoms with van der Waals surface area (Å²) in [4.78, 5) is 2.45. The fourth-order valence-corrected chi connectivity index (χ4v) is 2.39. The third kappa shape index (κ3) is 6.53. The zero-order valence-corrected chi connectivity index (χ0v) is 14.1. The predicted octanol–water partition coefficient (Wildman–Crippen LogP) is 4.05. The molecule has 1 rings (SSSR count). The van der Waals surface area contributed by atoms with E-state index < -0.39 is 0 Å². The molecule has 0 heterocycles. The lowest BCUT2D eigenvalue weighted by atomic mass is 10.0. The molecule has 1 N–H and O–H groups in total. The van der Waals surface area contributed by atoms with Gasteiger partial charge in [0.2, 0.25) is 0 Å². The number of benzene rings is 1. The molecular weight excluding hydrogens is 244 g/mol. The zero-order valence-electron chi connectivity index (χ0n) is 14.1. The van der Waals surface area contributed by atoms with Crippen LogP contribution < -0.4 is 5.32 Å². The molecule has 0 radical (unpaired) electrons. The van der Waals surface area contributed by atoms with Gasteiger partial charge in [0.1, 0.15) is 0 Å². The van der Waals surface area contributed by atoms with Crippen molar-refractivity contribution < 1.29 is 0 Å². The molecule has 0 saturated heterocycles. The summed E-state index contributed by atoms with van der Waals surface area (Å²) in [5.74, 6) is 0.761.